The summed E-state index contributed by atoms with van der Waals surface area (Å²) in [4.78, 5) is 11.1. The molecule has 102 valence electrons. The molecule has 0 saturated heterocycles. The molecule has 0 amide bonds. The average Bonchev–Trinajstić information content (AvgIpc) is 2.31. The summed E-state index contributed by atoms with van der Waals surface area (Å²) in [5.74, 6) is 0.232. The van der Waals surface area contributed by atoms with Gasteiger partial charge in [-0.15, -0.1) is 0 Å². The van der Waals surface area contributed by atoms with Gasteiger partial charge in [0.1, 0.15) is 5.75 Å². The molecule has 1 aromatic rings. The number of hydrogen-bond donors (Lipinski definition) is 0. The predicted molar refractivity (Wildman–Crippen MR) is 83.4 cm³/mol. The van der Waals surface area contributed by atoms with Crippen LogP contribution < -0.4 is 4.74 Å². The monoisotopic (exact) mass is 388 g/mol. The third kappa shape index (κ3) is 6.07. The van der Waals surface area contributed by atoms with Crippen LogP contribution in [0.2, 0.25) is 0 Å². The van der Waals surface area contributed by atoms with Crippen molar-refractivity contribution in [3.8, 4) is 5.75 Å². The lowest BCUT2D eigenvalue weighted by atomic mass is 10.1. The number of benzene rings is 1. The smallest absolute Gasteiger partial charge is 0.333 e. The molecule has 0 radical (unpaired) electrons. The first-order chi connectivity index (χ1) is 9.02. The molecule has 19 heavy (non-hydrogen) atoms. The van der Waals surface area contributed by atoms with Crippen molar-refractivity contribution < 1.29 is 14.3 Å². The van der Waals surface area contributed by atoms with Crippen LogP contribution in [0.3, 0.4) is 0 Å². The Morgan fingerprint density at radius 1 is 1.37 bits per heavy atom. The van der Waals surface area contributed by atoms with Crippen LogP contribution in [-0.4, -0.2) is 12.6 Å². The van der Waals surface area contributed by atoms with E-state index < -0.39 is 5.97 Å². The molecule has 0 fully saturated rings. The number of carbonyl (C=O) groups excluding carboxylic acids is 1. The zero-order chi connectivity index (χ0) is 14.3. The maximum Gasteiger partial charge on any atom is 0.333 e. The lowest BCUT2D eigenvalue weighted by Crippen LogP contribution is -1.99. The third-order valence-corrected chi connectivity index (χ3v) is 2.57. The molecule has 1 rings (SSSR count). The topological polar surface area (TPSA) is 35.5 Å². The Balaban J connectivity index is 2.83. The Labute approximate surface area is 129 Å². The van der Waals surface area contributed by atoms with Gasteiger partial charge in [-0.25, -0.2) is 4.79 Å². The lowest BCUT2D eigenvalue weighted by molar-refractivity contribution is -0.137. The molecule has 1 aromatic carbocycles. The fourth-order valence-corrected chi connectivity index (χ4v) is 1.85. The normalized spacial score (nSPS) is 10.3. The highest BCUT2D eigenvalue weighted by molar-refractivity contribution is 9.28. The molecule has 0 bridgehead atoms. The first kappa shape index (κ1) is 16.0. The van der Waals surface area contributed by atoms with Crippen molar-refractivity contribution in [2.45, 2.75) is 13.8 Å². The van der Waals surface area contributed by atoms with Crippen molar-refractivity contribution in [2.75, 3.05) is 6.61 Å². The van der Waals surface area contributed by atoms with Gasteiger partial charge in [0.15, 0.2) is 0 Å². The molecule has 0 aliphatic carbocycles. The van der Waals surface area contributed by atoms with Gasteiger partial charge in [0, 0.05) is 5.56 Å². The average molecular weight is 390 g/mol. The molecule has 0 N–H and O–H groups in total. The Hall–Kier alpha value is -1.07. The molecule has 0 unspecified atom stereocenters. The van der Waals surface area contributed by atoms with Crippen LogP contribution in [0.25, 0.3) is 6.08 Å². The molecule has 0 heterocycles. The Morgan fingerprint density at radius 3 is 2.74 bits per heavy atom. The van der Waals surface area contributed by atoms with Crippen LogP contribution in [-0.2, 0) is 9.53 Å². The van der Waals surface area contributed by atoms with Crippen LogP contribution in [0.4, 0.5) is 0 Å². The molecule has 0 atom stereocenters. The standard InChI is InChI=1S/C14H14Br2O3/c1-3-18-14(17)6-7-19-12-5-4-10(2)8-11(12)9-13(15)16/h4-9H,3H2,1-2H3/b7-6+. The highest BCUT2D eigenvalue weighted by Crippen LogP contribution is 2.26. The van der Waals surface area contributed by atoms with Gasteiger partial charge >= 0.3 is 5.97 Å². The van der Waals surface area contributed by atoms with E-state index in [9.17, 15) is 4.79 Å². The number of rotatable bonds is 5. The molecule has 5 heteroatoms. The van der Waals surface area contributed by atoms with E-state index in [-0.39, 0.29) is 0 Å². The summed E-state index contributed by atoms with van der Waals surface area (Å²) in [6, 6.07) is 5.77. The van der Waals surface area contributed by atoms with Crippen molar-refractivity contribution in [3.63, 3.8) is 0 Å². The second-order valence-corrected chi connectivity index (χ2v) is 6.42. The molecule has 0 aliphatic rings. The zero-order valence-corrected chi connectivity index (χ0v) is 13.8. The lowest BCUT2D eigenvalue weighted by Gasteiger charge is -2.06. The van der Waals surface area contributed by atoms with E-state index in [1.54, 1.807) is 6.92 Å². The molecule has 0 aromatic heterocycles. The fourth-order valence-electron chi connectivity index (χ4n) is 1.36. The van der Waals surface area contributed by atoms with Crippen molar-refractivity contribution in [2.24, 2.45) is 0 Å². The van der Waals surface area contributed by atoms with E-state index in [4.69, 9.17) is 9.47 Å². The van der Waals surface area contributed by atoms with Gasteiger partial charge in [0.2, 0.25) is 0 Å². The third-order valence-electron chi connectivity index (χ3n) is 2.12. The largest absolute Gasteiger partial charge is 0.464 e. The van der Waals surface area contributed by atoms with Gasteiger partial charge in [-0.05, 0) is 63.9 Å². The minimum atomic E-state index is -0.423. The highest BCUT2D eigenvalue weighted by Gasteiger charge is 2.02. The predicted octanol–water partition coefficient (Wildman–Crippen LogP) is 4.54. The minimum absolute atomic E-state index is 0.345. The highest BCUT2D eigenvalue weighted by atomic mass is 79.9. The van der Waals surface area contributed by atoms with Crippen LogP contribution in [0.5, 0.6) is 5.75 Å². The summed E-state index contributed by atoms with van der Waals surface area (Å²) in [5, 5.41) is 0. The number of esters is 1. The first-order valence-electron chi connectivity index (χ1n) is 5.66. The van der Waals surface area contributed by atoms with E-state index in [0.29, 0.717) is 12.4 Å². The van der Waals surface area contributed by atoms with E-state index in [2.05, 4.69) is 31.9 Å². The van der Waals surface area contributed by atoms with Gasteiger partial charge in [-0.2, -0.15) is 0 Å². The van der Waals surface area contributed by atoms with Gasteiger partial charge in [-0.1, -0.05) is 11.6 Å². The number of ether oxygens (including phenoxy) is 2. The Morgan fingerprint density at radius 2 is 2.11 bits per heavy atom. The summed E-state index contributed by atoms with van der Waals surface area (Å²) in [5.41, 5.74) is 2.02. The molecule has 3 nitrogen and oxygen atoms in total. The summed E-state index contributed by atoms with van der Waals surface area (Å²) >= 11 is 6.62. The van der Waals surface area contributed by atoms with Crippen LogP contribution in [0.1, 0.15) is 18.1 Å². The molecule has 0 saturated carbocycles. The summed E-state index contributed by atoms with van der Waals surface area (Å²) in [7, 11) is 0. The summed E-state index contributed by atoms with van der Waals surface area (Å²) < 4.78 is 11.0. The van der Waals surface area contributed by atoms with Crippen LogP contribution in [0, 0.1) is 6.92 Å². The van der Waals surface area contributed by atoms with E-state index in [1.165, 1.54) is 12.3 Å². The molecular weight excluding hydrogens is 376 g/mol. The van der Waals surface area contributed by atoms with E-state index in [0.717, 1.165) is 14.5 Å². The van der Waals surface area contributed by atoms with Crippen molar-refractivity contribution in [1.29, 1.82) is 0 Å². The maximum atomic E-state index is 11.1. The first-order valence-corrected chi connectivity index (χ1v) is 7.25. The quantitative estimate of drug-likeness (QED) is 0.421. The van der Waals surface area contributed by atoms with Crippen LogP contribution in [0.15, 0.2) is 33.9 Å². The Kier molecular flexibility index (Phi) is 6.87. The van der Waals surface area contributed by atoms with E-state index in [1.807, 2.05) is 31.2 Å². The summed E-state index contributed by atoms with van der Waals surface area (Å²) in [6.07, 6.45) is 4.45. The molecule has 0 spiro atoms. The van der Waals surface area contributed by atoms with Crippen molar-refractivity contribution in [1.82, 2.24) is 0 Å². The number of hydrogen-bond acceptors (Lipinski definition) is 3. The van der Waals surface area contributed by atoms with Gasteiger partial charge < -0.3 is 9.47 Å². The van der Waals surface area contributed by atoms with Crippen molar-refractivity contribution >= 4 is 43.9 Å². The zero-order valence-electron chi connectivity index (χ0n) is 10.7. The fraction of sp³-hybridized carbons (Fsp3) is 0.214. The summed E-state index contributed by atoms with van der Waals surface area (Å²) in [6.45, 7) is 4.10. The number of halogens is 2. The minimum Gasteiger partial charge on any atom is -0.464 e. The second-order valence-electron chi connectivity index (χ2n) is 3.65. The van der Waals surface area contributed by atoms with Crippen LogP contribution >= 0.6 is 31.9 Å². The SMILES string of the molecule is CCOC(=O)/C=C/Oc1ccc(C)cc1C=C(Br)Br. The molecular formula is C14H14Br2O3. The van der Waals surface area contributed by atoms with Crippen molar-refractivity contribution in [3.05, 3.63) is 45.1 Å². The molecule has 0 aliphatic heterocycles. The Bertz CT molecular complexity index is 503. The number of aryl methyl sites for hydroxylation is 1. The number of carbonyl (C=O) groups is 1. The van der Waals surface area contributed by atoms with Gasteiger partial charge in [-0.3, -0.25) is 0 Å². The van der Waals surface area contributed by atoms with Gasteiger partial charge in [0.05, 0.1) is 22.3 Å². The maximum absolute atomic E-state index is 11.1. The van der Waals surface area contributed by atoms with Gasteiger partial charge in [0.25, 0.3) is 0 Å². The second kappa shape index (κ2) is 8.17. The van der Waals surface area contributed by atoms with E-state index >= 15 is 0 Å².